The minimum absolute atomic E-state index is 0.0509. The van der Waals surface area contributed by atoms with Crippen LogP contribution in [0.25, 0.3) is 0 Å². The average Bonchev–Trinajstić information content (AvgIpc) is 3.17. The second-order valence-electron chi connectivity index (χ2n) is 6.90. The third-order valence-corrected chi connectivity index (χ3v) is 4.49. The minimum atomic E-state index is 0.0509. The van der Waals surface area contributed by atoms with Crippen molar-refractivity contribution >= 4 is 5.91 Å². The highest BCUT2D eigenvalue weighted by Gasteiger charge is 2.38. The smallest absolute Gasteiger partial charge is 0.241 e. The molecule has 0 aromatic heterocycles. The van der Waals surface area contributed by atoms with Crippen LogP contribution < -0.4 is 5.32 Å². The molecule has 116 valence electrons. The van der Waals surface area contributed by atoms with Gasteiger partial charge < -0.3 is 9.80 Å². The molecule has 2 rings (SSSR count). The van der Waals surface area contributed by atoms with E-state index in [9.17, 15) is 4.79 Å². The van der Waals surface area contributed by atoms with Gasteiger partial charge >= 0.3 is 0 Å². The fraction of sp³-hybridized carbons (Fsp3) is 0.938. The number of carbonyl (C=O) groups is 1. The van der Waals surface area contributed by atoms with Gasteiger partial charge in [0.15, 0.2) is 0 Å². The van der Waals surface area contributed by atoms with Gasteiger partial charge in [-0.05, 0) is 38.6 Å². The summed E-state index contributed by atoms with van der Waals surface area (Å²) >= 11 is 0. The van der Waals surface area contributed by atoms with Gasteiger partial charge in [-0.3, -0.25) is 10.1 Å². The molecule has 1 saturated carbocycles. The van der Waals surface area contributed by atoms with Crippen LogP contribution in [0.15, 0.2) is 0 Å². The number of rotatable bonds is 8. The van der Waals surface area contributed by atoms with Crippen molar-refractivity contribution in [2.24, 2.45) is 5.92 Å². The quantitative estimate of drug-likeness (QED) is 0.739. The maximum Gasteiger partial charge on any atom is 0.241 e. The van der Waals surface area contributed by atoms with Crippen LogP contribution in [0.5, 0.6) is 0 Å². The number of nitrogens with one attached hydrogen (secondary N) is 1. The first kappa shape index (κ1) is 15.8. The van der Waals surface area contributed by atoms with E-state index in [1.807, 2.05) is 0 Å². The van der Waals surface area contributed by atoms with Crippen LogP contribution >= 0.6 is 0 Å². The van der Waals surface area contributed by atoms with Crippen molar-refractivity contribution in [2.75, 3.05) is 20.1 Å². The van der Waals surface area contributed by atoms with Crippen LogP contribution in [0.3, 0.4) is 0 Å². The molecule has 0 aromatic carbocycles. The molecule has 1 N–H and O–H groups in total. The first-order chi connectivity index (χ1) is 9.52. The molecule has 4 nitrogen and oxygen atoms in total. The molecule has 2 fully saturated rings. The normalized spacial score (nSPS) is 27.1. The van der Waals surface area contributed by atoms with Crippen LogP contribution in [0.4, 0.5) is 0 Å². The van der Waals surface area contributed by atoms with Gasteiger partial charge in [0.05, 0.1) is 12.2 Å². The summed E-state index contributed by atoms with van der Waals surface area (Å²) in [6.07, 6.45) is 5.98. The second-order valence-corrected chi connectivity index (χ2v) is 6.90. The van der Waals surface area contributed by atoms with E-state index in [1.165, 1.54) is 12.8 Å². The summed E-state index contributed by atoms with van der Waals surface area (Å²) in [5.41, 5.74) is 0. The van der Waals surface area contributed by atoms with Crippen LogP contribution in [0, 0.1) is 5.92 Å². The lowest BCUT2D eigenvalue weighted by Crippen LogP contribution is -2.42. The topological polar surface area (TPSA) is 35.6 Å². The van der Waals surface area contributed by atoms with Crippen LogP contribution in [-0.2, 0) is 4.79 Å². The van der Waals surface area contributed by atoms with Gasteiger partial charge in [-0.1, -0.05) is 27.2 Å². The van der Waals surface area contributed by atoms with E-state index in [2.05, 4.69) is 42.9 Å². The fourth-order valence-corrected chi connectivity index (χ4v) is 3.11. The minimum Gasteiger partial charge on any atom is -0.325 e. The number of carbonyl (C=O) groups excluding carboxylic acids is 1. The van der Waals surface area contributed by atoms with E-state index in [0.717, 1.165) is 38.4 Å². The molecule has 1 amide bonds. The summed E-state index contributed by atoms with van der Waals surface area (Å²) in [4.78, 5) is 17.0. The summed E-state index contributed by atoms with van der Waals surface area (Å²) in [6, 6.07) is 0.825. The van der Waals surface area contributed by atoms with Gasteiger partial charge in [-0.25, -0.2) is 0 Å². The number of amides is 1. The number of hydrogen-bond acceptors (Lipinski definition) is 3. The Balaban J connectivity index is 1.91. The predicted octanol–water partition coefficient (Wildman–Crippen LogP) is 2.05. The highest BCUT2D eigenvalue weighted by Crippen LogP contribution is 2.26. The fourth-order valence-electron chi connectivity index (χ4n) is 3.11. The molecule has 0 spiro atoms. The van der Waals surface area contributed by atoms with Crippen molar-refractivity contribution in [3.63, 3.8) is 0 Å². The van der Waals surface area contributed by atoms with Crippen molar-refractivity contribution in [3.05, 3.63) is 0 Å². The van der Waals surface area contributed by atoms with Crippen molar-refractivity contribution < 1.29 is 4.79 Å². The summed E-state index contributed by atoms with van der Waals surface area (Å²) in [7, 11) is 2.19. The van der Waals surface area contributed by atoms with Crippen molar-refractivity contribution in [2.45, 2.75) is 71.1 Å². The highest BCUT2D eigenvalue weighted by atomic mass is 16.2. The molecule has 0 radical (unpaired) electrons. The molecule has 1 heterocycles. The Hall–Kier alpha value is -0.610. The Morgan fingerprint density at radius 2 is 2.10 bits per heavy atom. The molecular formula is C16H31N3O. The van der Waals surface area contributed by atoms with E-state index in [4.69, 9.17) is 0 Å². The van der Waals surface area contributed by atoms with E-state index >= 15 is 0 Å². The molecule has 4 heteroatoms. The lowest BCUT2D eigenvalue weighted by atomic mass is 10.1. The Morgan fingerprint density at radius 3 is 2.65 bits per heavy atom. The van der Waals surface area contributed by atoms with Gasteiger partial charge in [-0.2, -0.15) is 0 Å². The molecule has 1 saturated heterocycles. The Labute approximate surface area is 123 Å². The molecule has 2 aliphatic rings. The number of nitrogens with zero attached hydrogens (tertiary/aromatic N) is 2. The van der Waals surface area contributed by atoms with Gasteiger partial charge in [-0.15, -0.1) is 0 Å². The third-order valence-electron chi connectivity index (χ3n) is 4.49. The Morgan fingerprint density at radius 1 is 1.40 bits per heavy atom. The Kier molecular flexibility index (Phi) is 5.44. The van der Waals surface area contributed by atoms with Crippen molar-refractivity contribution in [3.8, 4) is 0 Å². The first-order valence-corrected chi connectivity index (χ1v) is 8.29. The molecule has 0 bridgehead atoms. The monoisotopic (exact) mass is 281 g/mol. The predicted molar refractivity (Wildman–Crippen MR) is 82.4 cm³/mol. The van der Waals surface area contributed by atoms with E-state index in [-0.39, 0.29) is 12.2 Å². The molecule has 20 heavy (non-hydrogen) atoms. The van der Waals surface area contributed by atoms with Gasteiger partial charge in [0.1, 0.15) is 0 Å². The lowest BCUT2D eigenvalue weighted by Gasteiger charge is -2.27. The largest absolute Gasteiger partial charge is 0.325 e. The van der Waals surface area contributed by atoms with Crippen molar-refractivity contribution in [1.29, 1.82) is 0 Å². The zero-order valence-corrected chi connectivity index (χ0v) is 13.6. The van der Waals surface area contributed by atoms with Crippen LogP contribution in [0.2, 0.25) is 0 Å². The molecular weight excluding hydrogens is 250 g/mol. The first-order valence-electron chi connectivity index (χ1n) is 8.29. The van der Waals surface area contributed by atoms with E-state index in [0.29, 0.717) is 11.8 Å². The number of likely N-dealkylation sites (N-methyl/N-ethyl adjacent to an activating group) is 1. The summed E-state index contributed by atoms with van der Waals surface area (Å²) < 4.78 is 0. The standard InChI is InChI=1S/C16H31N3O/c1-5-6-14-16(20)19(15(17-14)11-12(2)3)10-9-18(4)13-7-8-13/h12-15,17H,5-11H2,1-4H3. The zero-order valence-electron chi connectivity index (χ0n) is 13.6. The molecule has 2 unspecified atom stereocenters. The van der Waals surface area contributed by atoms with Gasteiger partial charge in [0, 0.05) is 19.1 Å². The number of hydrogen-bond donors (Lipinski definition) is 1. The van der Waals surface area contributed by atoms with Crippen LogP contribution in [-0.4, -0.2) is 54.1 Å². The zero-order chi connectivity index (χ0) is 14.7. The van der Waals surface area contributed by atoms with E-state index in [1.54, 1.807) is 0 Å². The molecule has 1 aliphatic carbocycles. The Bertz CT molecular complexity index is 328. The third kappa shape index (κ3) is 3.95. The van der Waals surface area contributed by atoms with Gasteiger partial charge in [0.2, 0.25) is 5.91 Å². The van der Waals surface area contributed by atoms with Gasteiger partial charge in [0.25, 0.3) is 0 Å². The molecule has 2 atom stereocenters. The lowest BCUT2D eigenvalue weighted by molar-refractivity contribution is -0.130. The average molecular weight is 281 g/mol. The SMILES string of the molecule is CCCC1NC(CC(C)C)N(CCN(C)C2CC2)C1=O. The van der Waals surface area contributed by atoms with E-state index < -0.39 is 0 Å². The summed E-state index contributed by atoms with van der Waals surface area (Å²) in [5.74, 6) is 0.936. The summed E-state index contributed by atoms with van der Waals surface area (Å²) in [6.45, 7) is 8.49. The van der Waals surface area contributed by atoms with Crippen molar-refractivity contribution in [1.82, 2.24) is 15.1 Å². The van der Waals surface area contributed by atoms with Crippen LogP contribution in [0.1, 0.15) is 52.9 Å². The molecule has 0 aromatic rings. The summed E-state index contributed by atoms with van der Waals surface area (Å²) in [5, 5.41) is 3.55. The maximum atomic E-state index is 12.5. The molecule has 1 aliphatic heterocycles. The second kappa shape index (κ2) is 6.90. The maximum absolute atomic E-state index is 12.5. The highest BCUT2D eigenvalue weighted by molar-refractivity contribution is 5.84.